The largest absolute Gasteiger partial charge is 0.374 e. The average molecular weight is 304 g/mol. The molecule has 0 radical (unpaired) electrons. The van der Waals surface area contributed by atoms with Gasteiger partial charge >= 0.3 is 0 Å². The zero-order valence-electron chi connectivity index (χ0n) is 10.9. The van der Waals surface area contributed by atoms with Crippen LogP contribution in [-0.4, -0.2) is 12.5 Å². The average Bonchev–Trinajstić information content (AvgIpc) is 2.46. The molecule has 106 valence electrons. The van der Waals surface area contributed by atoms with Crippen molar-refractivity contribution in [1.82, 2.24) is 0 Å². The predicted molar refractivity (Wildman–Crippen MR) is 79.7 cm³/mol. The standard InChI is InChI=1S/C15H11ClFN3O/c16-11-2-1-3-12(7-11)20-15(21)9-19-14-5-4-10(8-18)6-13(14)17/h1-7,19H,9H2,(H,20,21). The van der Waals surface area contributed by atoms with Crippen LogP contribution in [0.5, 0.6) is 0 Å². The fourth-order valence-electron chi connectivity index (χ4n) is 1.67. The van der Waals surface area contributed by atoms with E-state index in [0.29, 0.717) is 10.7 Å². The van der Waals surface area contributed by atoms with Crippen molar-refractivity contribution in [3.8, 4) is 6.07 Å². The summed E-state index contributed by atoms with van der Waals surface area (Å²) in [6.45, 7) is -0.102. The van der Waals surface area contributed by atoms with E-state index in [2.05, 4.69) is 10.6 Å². The van der Waals surface area contributed by atoms with Crippen molar-refractivity contribution < 1.29 is 9.18 Å². The first-order valence-electron chi connectivity index (χ1n) is 6.07. The van der Waals surface area contributed by atoms with E-state index in [9.17, 15) is 9.18 Å². The smallest absolute Gasteiger partial charge is 0.243 e. The van der Waals surface area contributed by atoms with Crippen molar-refractivity contribution in [2.45, 2.75) is 0 Å². The van der Waals surface area contributed by atoms with Gasteiger partial charge in [0.25, 0.3) is 0 Å². The first kappa shape index (κ1) is 14.8. The molecule has 0 heterocycles. The Labute approximate surface area is 126 Å². The number of rotatable bonds is 4. The van der Waals surface area contributed by atoms with Crippen LogP contribution in [0.15, 0.2) is 42.5 Å². The quantitative estimate of drug-likeness (QED) is 0.910. The number of hydrogen-bond acceptors (Lipinski definition) is 3. The highest BCUT2D eigenvalue weighted by atomic mass is 35.5. The van der Waals surface area contributed by atoms with Crippen molar-refractivity contribution in [1.29, 1.82) is 5.26 Å². The van der Waals surface area contributed by atoms with E-state index in [1.165, 1.54) is 12.1 Å². The van der Waals surface area contributed by atoms with E-state index in [0.717, 1.165) is 6.07 Å². The van der Waals surface area contributed by atoms with Gasteiger partial charge in [0.1, 0.15) is 5.82 Å². The SMILES string of the molecule is N#Cc1ccc(NCC(=O)Nc2cccc(Cl)c2)c(F)c1. The fourth-order valence-corrected chi connectivity index (χ4v) is 1.87. The summed E-state index contributed by atoms with van der Waals surface area (Å²) < 4.78 is 13.6. The maximum absolute atomic E-state index is 13.6. The predicted octanol–water partition coefficient (Wildman–Crippen LogP) is 3.40. The molecule has 0 aliphatic rings. The van der Waals surface area contributed by atoms with E-state index in [-0.39, 0.29) is 23.7 Å². The minimum atomic E-state index is -0.579. The molecule has 0 spiro atoms. The highest BCUT2D eigenvalue weighted by Crippen LogP contribution is 2.16. The zero-order chi connectivity index (χ0) is 15.2. The third kappa shape index (κ3) is 4.20. The lowest BCUT2D eigenvalue weighted by molar-refractivity contribution is -0.114. The minimum Gasteiger partial charge on any atom is -0.374 e. The van der Waals surface area contributed by atoms with Crippen molar-refractivity contribution in [2.24, 2.45) is 0 Å². The first-order chi connectivity index (χ1) is 10.1. The molecule has 2 N–H and O–H groups in total. The maximum atomic E-state index is 13.6. The maximum Gasteiger partial charge on any atom is 0.243 e. The van der Waals surface area contributed by atoms with Gasteiger partial charge in [0.15, 0.2) is 0 Å². The number of anilines is 2. The van der Waals surface area contributed by atoms with Crippen LogP contribution in [-0.2, 0) is 4.79 Å². The topological polar surface area (TPSA) is 64.9 Å². The summed E-state index contributed by atoms with van der Waals surface area (Å²) in [5.41, 5.74) is 0.950. The molecular weight excluding hydrogens is 293 g/mol. The number of nitrogens with one attached hydrogen (secondary N) is 2. The van der Waals surface area contributed by atoms with Gasteiger partial charge in [-0.25, -0.2) is 4.39 Å². The zero-order valence-corrected chi connectivity index (χ0v) is 11.6. The molecule has 0 bridgehead atoms. The molecule has 2 aromatic rings. The van der Waals surface area contributed by atoms with Gasteiger partial charge in [-0.3, -0.25) is 4.79 Å². The molecule has 6 heteroatoms. The summed E-state index contributed by atoms with van der Waals surface area (Å²) in [6.07, 6.45) is 0. The van der Waals surface area contributed by atoms with Crippen molar-refractivity contribution >= 4 is 28.9 Å². The van der Waals surface area contributed by atoms with Crippen molar-refractivity contribution in [3.63, 3.8) is 0 Å². The van der Waals surface area contributed by atoms with Crippen LogP contribution in [0.1, 0.15) is 5.56 Å². The summed E-state index contributed by atoms with van der Waals surface area (Å²) in [5.74, 6) is -0.911. The lowest BCUT2D eigenvalue weighted by Gasteiger charge is -2.09. The number of benzene rings is 2. The molecule has 2 aromatic carbocycles. The molecule has 0 saturated heterocycles. The summed E-state index contributed by atoms with van der Waals surface area (Å²) in [5, 5.41) is 14.5. The second-order valence-corrected chi connectivity index (χ2v) is 4.65. The Morgan fingerprint density at radius 3 is 2.76 bits per heavy atom. The van der Waals surface area contributed by atoms with Gasteiger partial charge in [0.05, 0.1) is 23.9 Å². The summed E-state index contributed by atoms with van der Waals surface area (Å²) >= 11 is 5.81. The first-order valence-corrected chi connectivity index (χ1v) is 6.45. The molecular formula is C15H11ClFN3O. The van der Waals surface area contributed by atoms with E-state index in [1.807, 2.05) is 6.07 Å². The van der Waals surface area contributed by atoms with Crippen LogP contribution in [0.4, 0.5) is 15.8 Å². The lowest BCUT2D eigenvalue weighted by Crippen LogP contribution is -2.22. The van der Waals surface area contributed by atoms with Gasteiger partial charge in [-0.15, -0.1) is 0 Å². The molecule has 1 amide bonds. The van der Waals surface area contributed by atoms with E-state index in [1.54, 1.807) is 24.3 Å². The Hall–Kier alpha value is -2.58. The normalized spacial score (nSPS) is 9.76. The monoisotopic (exact) mass is 303 g/mol. The molecule has 0 aromatic heterocycles. The minimum absolute atomic E-state index is 0.102. The summed E-state index contributed by atoms with van der Waals surface area (Å²) in [6, 6.07) is 12.6. The van der Waals surface area contributed by atoms with E-state index >= 15 is 0 Å². The molecule has 2 rings (SSSR count). The summed E-state index contributed by atoms with van der Waals surface area (Å²) in [7, 11) is 0. The Kier molecular flexibility index (Phi) is 4.75. The highest BCUT2D eigenvalue weighted by Gasteiger charge is 2.06. The molecule has 0 saturated carbocycles. The molecule has 0 unspecified atom stereocenters. The van der Waals surface area contributed by atoms with Gasteiger partial charge in [-0.1, -0.05) is 17.7 Å². The lowest BCUT2D eigenvalue weighted by atomic mass is 10.2. The molecule has 0 atom stereocenters. The molecule has 21 heavy (non-hydrogen) atoms. The third-order valence-corrected chi connectivity index (χ3v) is 2.88. The van der Waals surface area contributed by atoms with Crippen molar-refractivity contribution in [2.75, 3.05) is 17.2 Å². The van der Waals surface area contributed by atoms with Gasteiger partial charge in [-0.05, 0) is 36.4 Å². The number of nitrogens with zero attached hydrogens (tertiary/aromatic N) is 1. The van der Waals surface area contributed by atoms with Gasteiger partial charge in [-0.2, -0.15) is 5.26 Å². The van der Waals surface area contributed by atoms with Crippen LogP contribution in [0.2, 0.25) is 5.02 Å². The fraction of sp³-hybridized carbons (Fsp3) is 0.0667. The summed E-state index contributed by atoms with van der Waals surface area (Å²) in [4.78, 5) is 11.7. The Morgan fingerprint density at radius 2 is 2.10 bits per heavy atom. The van der Waals surface area contributed by atoms with Gasteiger partial charge in [0.2, 0.25) is 5.91 Å². The number of hydrogen-bond donors (Lipinski definition) is 2. The van der Waals surface area contributed by atoms with Crippen molar-refractivity contribution in [3.05, 3.63) is 58.9 Å². The number of carbonyl (C=O) groups is 1. The van der Waals surface area contributed by atoms with Gasteiger partial charge in [0, 0.05) is 10.7 Å². The Balaban J connectivity index is 1.94. The van der Waals surface area contributed by atoms with Crippen LogP contribution < -0.4 is 10.6 Å². The Bertz CT molecular complexity index is 712. The molecule has 4 nitrogen and oxygen atoms in total. The van der Waals surface area contributed by atoms with E-state index < -0.39 is 5.82 Å². The number of carbonyl (C=O) groups excluding carboxylic acids is 1. The van der Waals surface area contributed by atoms with Gasteiger partial charge < -0.3 is 10.6 Å². The number of nitriles is 1. The Morgan fingerprint density at radius 1 is 1.29 bits per heavy atom. The number of halogens is 2. The van der Waals surface area contributed by atoms with Crippen LogP contribution >= 0.6 is 11.6 Å². The van der Waals surface area contributed by atoms with Crippen LogP contribution in [0.3, 0.4) is 0 Å². The second kappa shape index (κ2) is 6.73. The highest BCUT2D eigenvalue weighted by molar-refractivity contribution is 6.30. The molecule has 0 aliphatic heterocycles. The molecule has 0 fully saturated rings. The van der Waals surface area contributed by atoms with Crippen LogP contribution in [0, 0.1) is 17.1 Å². The van der Waals surface area contributed by atoms with E-state index in [4.69, 9.17) is 16.9 Å². The second-order valence-electron chi connectivity index (χ2n) is 4.22. The van der Waals surface area contributed by atoms with Crippen LogP contribution in [0.25, 0.3) is 0 Å². The molecule has 0 aliphatic carbocycles. The number of amides is 1. The third-order valence-electron chi connectivity index (χ3n) is 2.65.